The number of urea groups is 1. The smallest absolute Gasteiger partial charge is 0.321 e. The Balaban J connectivity index is 1.74. The second-order valence-corrected chi connectivity index (χ2v) is 7.20. The van der Waals surface area contributed by atoms with E-state index in [-0.39, 0.29) is 11.9 Å². The quantitative estimate of drug-likeness (QED) is 0.590. The number of para-hydroxylation sites is 1. The average Bonchev–Trinajstić information content (AvgIpc) is 3.12. The van der Waals surface area contributed by atoms with Crippen molar-refractivity contribution < 1.29 is 14.0 Å². The molecule has 1 heterocycles. The third kappa shape index (κ3) is 4.48. The topological polar surface area (TPSA) is 65.8 Å². The maximum atomic E-state index is 12.8. The van der Waals surface area contributed by atoms with Gasteiger partial charge in [0.1, 0.15) is 11.3 Å². The normalized spacial score (nSPS) is 10.8. The first-order valence-electron chi connectivity index (χ1n) is 10.4. The van der Waals surface area contributed by atoms with E-state index in [0.717, 1.165) is 28.7 Å². The van der Waals surface area contributed by atoms with Gasteiger partial charge in [-0.05, 0) is 38.1 Å². The number of anilines is 1. The number of carbonyl (C=O) groups is 2. The van der Waals surface area contributed by atoms with Crippen molar-refractivity contribution in [1.82, 2.24) is 9.80 Å². The van der Waals surface area contributed by atoms with Crippen LogP contribution in [0, 0.1) is 0 Å². The summed E-state index contributed by atoms with van der Waals surface area (Å²) in [7, 11) is 1.75. The third-order valence-corrected chi connectivity index (χ3v) is 5.26. The van der Waals surface area contributed by atoms with E-state index in [4.69, 9.17) is 4.42 Å². The number of benzene rings is 2. The fourth-order valence-corrected chi connectivity index (χ4v) is 3.56. The number of nitrogens with zero attached hydrogens (tertiary/aromatic N) is 2. The Morgan fingerprint density at radius 1 is 1.00 bits per heavy atom. The van der Waals surface area contributed by atoms with Crippen molar-refractivity contribution in [3.8, 4) is 0 Å². The van der Waals surface area contributed by atoms with E-state index in [9.17, 15) is 9.59 Å². The van der Waals surface area contributed by atoms with Crippen molar-refractivity contribution in [2.24, 2.45) is 0 Å². The highest BCUT2D eigenvalue weighted by atomic mass is 16.3. The van der Waals surface area contributed by atoms with Gasteiger partial charge < -0.3 is 19.5 Å². The molecule has 3 aromatic rings. The van der Waals surface area contributed by atoms with Crippen LogP contribution in [0.25, 0.3) is 11.0 Å². The molecule has 3 rings (SSSR count). The maximum absolute atomic E-state index is 12.8. The minimum Gasteiger partial charge on any atom is -0.461 e. The maximum Gasteiger partial charge on any atom is 0.321 e. The van der Waals surface area contributed by atoms with E-state index >= 15 is 0 Å². The Hall–Kier alpha value is -3.28. The molecule has 0 unspecified atom stereocenters. The zero-order valence-corrected chi connectivity index (χ0v) is 18.1. The number of carbonyl (C=O) groups excluding carboxylic acids is 2. The molecule has 2 aromatic carbocycles. The number of amides is 3. The minimum absolute atomic E-state index is 0.0399. The van der Waals surface area contributed by atoms with Crippen LogP contribution >= 0.6 is 0 Å². The lowest BCUT2D eigenvalue weighted by Gasteiger charge is -2.20. The molecule has 0 atom stereocenters. The van der Waals surface area contributed by atoms with Crippen molar-refractivity contribution >= 4 is 28.6 Å². The van der Waals surface area contributed by atoms with Gasteiger partial charge in [-0.3, -0.25) is 4.79 Å². The van der Waals surface area contributed by atoms with Crippen LogP contribution in [0.4, 0.5) is 10.5 Å². The predicted octanol–water partition coefficient (Wildman–Crippen LogP) is 5.14. The second-order valence-electron chi connectivity index (χ2n) is 7.20. The first-order valence-corrected chi connectivity index (χ1v) is 10.4. The lowest BCUT2D eigenvalue weighted by Crippen LogP contribution is -2.32. The van der Waals surface area contributed by atoms with Gasteiger partial charge in [0, 0.05) is 48.8 Å². The lowest BCUT2D eigenvalue weighted by molar-refractivity contribution is 0.0773. The summed E-state index contributed by atoms with van der Waals surface area (Å²) in [5.41, 5.74) is 3.02. The highest BCUT2D eigenvalue weighted by Crippen LogP contribution is 2.27. The van der Waals surface area contributed by atoms with Gasteiger partial charge in [-0.2, -0.15) is 0 Å². The van der Waals surface area contributed by atoms with E-state index in [0.29, 0.717) is 30.9 Å². The van der Waals surface area contributed by atoms with E-state index in [1.54, 1.807) is 41.1 Å². The van der Waals surface area contributed by atoms with E-state index < -0.39 is 0 Å². The summed E-state index contributed by atoms with van der Waals surface area (Å²) in [6.07, 6.45) is 0.759. The van der Waals surface area contributed by atoms with Crippen LogP contribution in [0.2, 0.25) is 0 Å². The molecule has 0 saturated carbocycles. The summed E-state index contributed by atoms with van der Waals surface area (Å²) in [6.45, 7) is 7.67. The largest absolute Gasteiger partial charge is 0.461 e. The Bertz CT molecular complexity index is 1040. The Morgan fingerprint density at radius 2 is 1.73 bits per heavy atom. The number of furan rings is 1. The Kier molecular flexibility index (Phi) is 6.77. The highest BCUT2D eigenvalue weighted by Gasteiger charge is 2.18. The first-order chi connectivity index (χ1) is 14.5. The highest BCUT2D eigenvalue weighted by molar-refractivity contribution is 5.97. The Labute approximate surface area is 177 Å². The van der Waals surface area contributed by atoms with Crippen LogP contribution in [-0.2, 0) is 13.0 Å². The van der Waals surface area contributed by atoms with Crippen molar-refractivity contribution in [3.63, 3.8) is 0 Å². The zero-order valence-electron chi connectivity index (χ0n) is 18.1. The molecule has 158 valence electrons. The molecule has 6 heteroatoms. The number of hydrogen-bond donors (Lipinski definition) is 1. The number of fused-ring (bicyclic) bond motifs is 1. The van der Waals surface area contributed by atoms with Crippen LogP contribution in [0.3, 0.4) is 0 Å². The number of aryl methyl sites for hydroxylation is 1. The van der Waals surface area contributed by atoms with Crippen LogP contribution in [0.15, 0.2) is 52.9 Å². The van der Waals surface area contributed by atoms with Crippen LogP contribution < -0.4 is 5.32 Å². The summed E-state index contributed by atoms with van der Waals surface area (Å²) >= 11 is 0. The molecule has 0 bridgehead atoms. The number of rotatable bonds is 7. The van der Waals surface area contributed by atoms with Crippen molar-refractivity contribution in [1.29, 1.82) is 0 Å². The summed E-state index contributed by atoms with van der Waals surface area (Å²) in [5.74, 6) is 0.851. The van der Waals surface area contributed by atoms with Crippen molar-refractivity contribution in [3.05, 3.63) is 65.4 Å². The van der Waals surface area contributed by atoms with Gasteiger partial charge in [0.25, 0.3) is 5.91 Å². The van der Waals surface area contributed by atoms with Crippen molar-refractivity contribution in [2.45, 2.75) is 33.7 Å². The molecule has 3 amide bonds. The van der Waals surface area contributed by atoms with E-state index in [2.05, 4.69) is 5.32 Å². The molecule has 30 heavy (non-hydrogen) atoms. The van der Waals surface area contributed by atoms with Crippen LogP contribution in [0.5, 0.6) is 0 Å². The van der Waals surface area contributed by atoms with Crippen LogP contribution in [-0.4, -0.2) is 41.9 Å². The lowest BCUT2D eigenvalue weighted by atomic mass is 10.1. The molecule has 1 aromatic heterocycles. The van der Waals surface area contributed by atoms with Gasteiger partial charge in [-0.15, -0.1) is 0 Å². The molecule has 1 N–H and O–H groups in total. The molecule has 6 nitrogen and oxygen atoms in total. The summed E-state index contributed by atoms with van der Waals surface area (Å²) in [6, 6.07) is 14.7. The fourth-order valence-electron chi connectivity index (χ4n) is 3.56. The molecule has 0 radical (unpaired) electrons. The Morgan fingerprint density at radius 3 is 2.43 bits per heavy atom. The summed E-state index contributed by atoms with van der Waals surface area (Å²) in [5, 5.41) is 3.92. The first kappa shape index (κ1) is 21.4. The average molecular weight is 408 g/mol. The molecule has 0 saturated heterocycles. The van der Waals surface area contributed by atoms with E-state index in [1.165, 1.54) is 0 Å². The second kappa shape index (κ2) is 9.48. The summed E-state index contributed by atoms with van der Waals surface area (Å²) < 4.78 is 5.93. The standard InChI is InChI=1S/C24H29N3O3/c1-5-21-20(19-13-8-9-14-22(19)30-21)16-26(4)24(29)25-18-12-10-11-17(15-18)23(28)27(6-2)7-3/h8-15H,5-7,16H2,1-4H3,(H,25,29). The molecular formula is C24H29N3O3. The summed E-state index contributed by atoms with van der Waals surface area (Å²) in [4.78, 5) is 28.7. The third-order valence-electron chi connectivity index (χ3n) is 5.26. The number of hydrogen-bond acceptors (Lipinski definition) is 3. The molecule has 0 aliphatic rings. The van der Waals surface area contributed by atoms with Gasteiger partial charge in [0.2, 0.25) is 0 Å². The van der Waals surface area contributed by atoms with Gasteiger partial charge in [-0.25, -0.2) is 4.79 Å². The molecule has 0 aliphatic heterocycles. The van der Waals surface area contributed by atoms with Crippen LogP contribution in [0.1, 0.15) is 42.5 Å². The predicted molar refractivity (Wildman–Crippen MR) is 120 cm³/mol. The monoisotopic (exact) mass is 407 g/mol. The van der Waals surface area contributed by atoms with Crippen molar-refractivity contribution in [2.75, 3.05) is 25.5 Å². The fraction of sp³-hybridized carbons (Fsp3) is 0.333. The number of nitrogens with one attached hydrogen (secondary N) is 1. The zero-order chi connectivity index (χ0) is 21.7. The molecule has 0 aliphatic carbocycles. The van der Waals surface area contributed by atoms with Gasteiger partial charge in [0.15, 0.2) is 0 Å². The minimum atomic E-state index is -0.241. The van der Waals surface area contributed by atoms with Gasteiger partial charge >= 0.3 is 6.03 Å². The van der Waals surface area contributed by atoms with Gasteiger partial charge in [-0.1, -0.05) is 31.2 Å². The van der Waals surface area contributed by atoms with E-state index in [1.807, 2.05) is 45.0 Å². The molecule has 0 fully saturated rings. The van der Waals surface area contributed by atoms with Gasteiger partial charge in [0.05, 0.1) is 6.54 Å². The SMILES string of the molecule is CCc1oc2ccccc2c1CN(C)C(=O)Nc1cccc(C(=O)N(CC)CC)c1. The molecular weight excluding hydrogens is 378 g/mol. The molecule has 0 spiro atoms.